The number of carbonyl (C=O) groups excluding carboxylic acids is 2. The molecule has 17 heavy (non-hydrogen) atoms. The number of rotatable bonds is 6. The van der Waals surface area contributed by atoms with Crippen LogP contribution in [0.2, 0.25) is 0 Å². The fourth-order valence-electron chi connectivity index (χ4n) is 1.43. The standard InChI is InChI=1S/C11H17NO4.K/c1-4-16-11(15)9(10(13)14)8(6-12)5-7(2)3;/h7-9H,4-5H2,1-3H3,(H,13,14);/q;+1/p-1. The summed E-state index contributed by atoms with van der Waals surface area (Å²) < 4.78 is 4.62. The molecule has 0 aliphatic rings. The molecule has 0 N–H and O–H groups in total. The van der Waals surface area contributed by atoms with Gasteiger partial charge in [-0.25, -0.2) is 0 Å². The predicted octanol–water partition coefficient (Wildman–Crippen LogP) is -2.89. The number of aliphatic carboxylic acids is 1. The van der Waals surface area contributed by atoms with Gasteiger partial charge in [0.2, 0.25) is 0 Å². The molecule has 0 aliphatic heterocycles. The number of hydrogen-bond donors (Lipinski definition) is 0. The van der Waals surface area contributed by atoms with Crippen LogP contribution < -0.4 is 56.5 Å². The fourth-order valence-corrected chi connectivity index (χ4v) is 1.43. The zero-order valence-corrected chi connectivity index (χ0v) is 13.8. The van der Waals surface area contributed by atoms with Gasteiger partial charge in [-0.3, -0.25) is 4.79 Å². The second-order valence-corrected chi connectivity index (χ2v) is 3.91. The third kappa shape index (κ3) is 7.16. The first-order valence-electron chi connectivity index (χ1n) is 5.21. The number of carboxylic acids is 1. The molecule has 0 aliphatic carbocycles. The first-order valence-corrected chi connectivity index (χ1v) is 5.21. The van der Waals surface area contributed by atoms with E-state index < -0.39 is 23.8 Å². The van der Waals surface area contributed by atoms with Crippen molar-refractivity contribution in [1.82, 2.24) is 0 Å². The number of carbonyl (C=O) groups is 2. The Morgan fingerprint density at radius 1 is 1.41 bits per heavy atom. The van der Waals surface area contributed by atoms with Crippen molar-refractivity contribution in [3.63, 3.8) is 0 Å². The summed E-state index contributed by atoms with van der Waals surface area (Å²) in [5.41, 5.74) is 0. The molecule has 2 unspecified atom stereocenters. The third-order valence-electron chi connectivity index (χ3n) is 2.09. The minimum Gasteiger partial charge on any atom is -0.549 e. The second-order valence-electron chi connectivity index (χ2n) is 3.91. The average Bonchev–Trinajstić information content (AvgIpc) is 2.15. The maximum absolute atomic E-state index is 11.4. The van der Waals surface area contributed by atoms with E-state index >= 15 is 0 Å². The van der Waals surface area contributed by atoms with Crippen molar-refractivity contribution in [3.05, 3.63) is 0 Å². The third-order valence-corrected chi connectivity index (χ3v) is 2.09. The molecular weight excluding hydrogens is 249 g/mol. The van der Waals surface area contributed by atoms with Gasteiger partial charge >= 0.3 is 57.4 Å². The summed E-state index contributed by atoms with van der Waals surface area (Å²) in [4.78, 5) is 22.2. The Bertz CT molecular complexity index is 298. The number of nitriles is 1. The van der Waals surface area contributed by atoms with E-state index in [4.69, 9.17) is 5.26 Å². The molecule has 0 heterocycles. The van der Waals surface area contributed by atoms with Crippen LogP contribution in [0.3, 0.4) is 0 Å². The summed E-state index contributed by atoms with van der Waals surface area (Å²) in [6, 6.07) is 1.83. The van der Waals surface area contributed by atoms with E-state index in [0.717, 1.165) is 0 Å². The maximum Gasteiger partial charge on any atom is 1.00 e. The second kappa shape index (κ2) is 10.0. The Balaban J connectivity index is 0. The molecular formula is C11H16KNO4. The SMILES string of the molecule is CCOC(=O)C(C(=O)[O-])C(C#N)CC(C)C.[K+]. The van der Waals surface area contributed by atoms with Crippen LogP contribution in [0.25, 0.3) is 0 Å². The molecule has 90 valence electrons. The van der Waals surface area contributed by atoms with Gasteiger partial charge in [-0.2, -0.15) is 5.26 Å². The molecule has 0 aromatic rings. The molecule has 0 saturated carbocycles. The van der Waals surface area contributed by atoms with Crippen LogP contribution in [0.15, 0.2) is 0 Å². The van der Waals surface area contributed by atoms with Crippen molar-refractivity contribution in [3.8, 4) is 6.07 Å². The van der Waals surface area contributed by atoms with Crippen LogP contribution in [0.4, 0.5) is 0 Å². The van der Waals surface area contributed by atoms with Crippen LogP contribution in [-0.4, -0.2) is 18.5 Å². The summed E-state index contributed by atoms with van der Waals surface area (Å²) >= 11 is 0. The number of hydrogen-bond acceptors (Lipinski definition) is 5. The van der Waals surface area contributed by atoms with Gasteiger partial charge < -0.3 is 14.6 Å². The van der Waals surface area contributed by atoms with E-state index in [1.54, 1.807) is 6.92 Å². The monoisotopic (exact) mass is 265 g/mol. The average molecular weight is 265 g/mol. The van der Waals surface area contributed by atoms with E-state index in [9.17, 15) is 14.7 Å². The summed E-state index contributed by atoms with van der Waals surface area (Å²) in [6.45, 7) is 5.36. The maximum atomic E-state index is 11.4. The normalized spacial score (nSPS) is 13.1. The van der Waals surface area contributed by atoms with Gasteiger partial charge in [0.15, 0.2) is 0 Å². The van der Waals surface area contributed by atoms with Crippen LogP contribution in [-0.2, 0) is 14.3 Å². The summed E-state index contributed by atoms with van der Waals surface area (Å²) in [5.74, 6) is -4.71. The molecule has 0 bridgehead atoms. The molecule has 5 nitrogen and oxygen atoms in total. The molecule has 0 fully saturated rings. The van der Waals surface area contributed by atoms with Crippen molar-refractivity contribution >= 4 is 11.9 Å². The molecule has 0 aromatic heterocycles. The smallest absolute Gasteiger partial charge is 0.549 e. The largest absolute Gasteiger partial charge is 1.00 e. The summed E-state index contributed by atoms with van der Waals surface area (Å²) in [7, 11) is 0. The Morgan fingerprint density at radius 3 is 2.24 bits per heavy atom. The van der Waals surface area contributed by atoms with Gasteiger partial charge in [0.1, 0.15) is 5.92 Å². The predicted molar refractivity (Wildman–Crippen MR) is 53.7 cm³/mol. The molecule has 0 spiro atoms. The zero-order valence-electron chi connectivity index (χ0n) is 10.7. The van der Waals surface area contributed by atoms with E-state index in [1.165, 1.54) is 0 Å². The van der Waals surface area contributed by atoms with Crippen LogP contribution in [0, 0.1) is 29.1 Å². The summed E-state index contributed by atoms with van der Waals surface area (Å²) in [6.07, 6.45) is 0.327. The van der Waals surface area contributed by atoms with Gasteiger partial charge in [-0.1, -0.05) is 13.8 Å². The quantitative estimate of drug-likeness (QED) is 0.292. The first-order chi connectivity index (χ1) is 7.43. The Labute approximate surface area is 144 Å². The first kappa shape index (κ1) is 19.4. The number of ether oxygens (including phenoxy) is 1. The van der Waals surface area contributed by atoms with E-state index in [2.05, 4.69) is 4.74 Å². The van der Waals surface area contributed by atoms with Gasteiger partial charge in [-0.05, 0) is 19.3 Å². The fraction of sp³-hybridized carbons (Fsp3) is 0.727. The van der Waals surface area contributed by atoms with Gasteiger partial charge in [0.05, 0.1) is 24.6 Å². The Hall–Kier alpha value is 0.0664. The van der Waals surface area contributed by atoms with Crippen LogP contribution in [0.5, 0.6) is 0 Å². The van der Waals surface area contributed by atoms with Crippen molar-refractivity contribution in [2.75, 3.05) is 6.61 Å². The summed E-state index contributed by atoms with van der Waals surface area (Å²) in [5, 5.41) is 19.7. The zero-order chi connectivity index (χ0) is 12.7. The topological polar surface area (TPSA) is 90.2 Å². The van der Waals surface area contributed by atoms with Crippen LogP contribution in [0.1, 0.15) is 27.2 Å². The molecule has 0 amide bonds. The molecule has 0 saturated heterocycles. The van der Waals surface area contributed by atoms with E-state index in [1.807, 2.05) is 19.9 Å². The van der Waals surface area contributed by atoms with Gasteiger partial charge in [0.25, 0.3) is 0 Å². The Morgan fingerprint density at radius 2 is 1.94 bits per heavy atom. The molecule has 0 rings (SSSR count). The van der Waals surface area contributed by atoms with E-state index in [0.29, 0.717) is 6.42 Å². The molecule has 0 radical (unpaired) electrons. The van der Waals surface area contributed by atoms with Crippen molar-refractivity contribution in [2.45, 2.75) is 27.2 Å². The minimum absolute atomic E-state index is 0. The van der Waals surface area contributed by atoms with Gasteiger partial charge in [-0.15, -0.1) is 0 Å². The van der Waals surface area contributed by atoms with E-state index in [-0.39, 0.29) is 63.9 Å². The number of nitrogens with zero attached hydrogens (tertiary/aromatic N) is 1. The molecule has 6 heteroatoms. The van der Waals surface area contributed by atoms with Crippen molar-refractivity contribution in [1.29, 1.82) is 5.26 Å². The Kier molecular flexibility index (Phi) is 11.5. The number of esters is 1. The van der Waals surface area contributed by atoms with Gasteiger partial charge in [0, 0.05) is 0 Å². The molecule has 0 aromatic carbocycles. The van der Waals surface area contributed by atoms with Crippen molar-refractivity contribution in [2.24, 2.45) is 17.8 Å². The van der Waals surface area contributed by atoms with Crippen molar-refractivity contribution < 1.29 is 70.8 Å². The molecule has 2 atom stereocenters. The minimum atomic E-state index is -1.55. The van der Waals surface area contributed by atoms with Crippen LogP contribution >= 0.6 is 0 Å². The number of carboxylic acid groups (broad SMARTS) is 1.